The third-order valence-electron chi connectivity index (χ3n) is 5.56. The van der Waals surface area contributed by atoms with Crippen molar-refractivity contribution in [2.75, 3.05) is 18.4 Å². The predicted molar refractivity (Wildman–Crippen MR) is 98.1 cm³/mol. The van der Waals surface area contributed by atoms with Gasteiger partial charge in [-0.15, -0.1) is 5.10 Å². The number of carbonyl (C=O) groups is 1. The van der Waals surface area contributed by atoms with Crippen LogP contribution in [0, 0.1) is 5.41 Å². The van der Waals surface area contributed by atoms with Gasteiger partial charge in [-0.25, -0.2) is 13.8 Å². The van der Waals surface area contributed by atoms with Crippen LogP contribution in [0.2, 0.25) is 5.15 Å². The van der Waals surface area contributed by atoms with Gasteiger partial charge in [-0.05, 0) is 50.2 Å². The van der Waals surface area contributed by atoms with Crippen LogP contribution < -0.4 is 5.32 Å². The van der Waals surface area contributed by atoms with Crippen LogP contribution in [0.15, 0.2) is 16.5 Å². The zero-order valence-corrected chi connectivity index (χ0v) is 16.0. The molecule has 2 fully saturated rings. The van der Waals surface area contributed by atoms with E-state index in [-0.39, 0.29) is 28.5 Å². The van der Waals surface area contributed by atoms with E-state index in [0.29, 0.717) is 5.41 Å². The summed E-state index contributed by atoms with van der Waals surface area (Å²) in [6, 6.07) is 2.14. The van der Waals surface area contributed by atoms with Crippen molar-refractivity contribution >= 4 is 23.5 Å². The molecule has 10 heteroatoms. The van der Waals surface area contributed by atoms with Crippen LogP contribution in [-0.4, -0.2) is 45.1 Å². The molecule has 0 unspecified atom stereocenters. The highest BCUT2D eigenvalue weighted by Crippen LogP contribution is 2.53. The molecule has 2 aromatic rings. The number of nitrogens with one attached hydrogen (secondary N) is 1. The maximum Gasteiger partial charge on any atom is 0.316 e. The summed E-state index contributed by atoms with van der Waals surface area (Å²) in [5, 5.41) is 10.4. The molecule has 150 valence electrons. The number of likely N-dealkylation sites (tertiary alicyclic amines) is 1. The van der Waals surface area contributed by atoms with Gasteiger partial charge in [-0.2, -0.15) is 0 Å². The molecule has 1 N–H and O–H groups in total. The minimum absolute atomic E-state index is 0.00434. The number of hydrogen-bond donors (Lipinski definition) is 1. The third kappa shape index (κ3) is 3.80. The van der Waals surface area contributed by atoms with E-state index in [1.807, 2.05) is 4.90 Å². The maximum absolute atomic E-state index is 13.2. The fourth-order valence-corrected chi connectivity index (χ4v) is 3.74. The molecule has 4 rings (SSSR count). The normalized spacial score (nSPS) is 19.1. The van der Waals surface area contributed by atoms with Gasteiger partial charge < -0.3 is 14.6 Å². The number of nitrogens with zero attached hydrogens (tertiary/aromatic N) is 4. The second-order valence-electron chi connectivity index (χ2n) is 7.47. The second kappa shape index (κ2) is 7.27. The minimum atomic E-state index is -2.84. The van der Waals surface area contributed by atoms with Crippen molar-refractivity contribution < 1.29 is 18.0 Å². The monoisotopic (exact) mass is 411 g/mol. The van der Waals surface area contributed by atoms with E-state index < -0.39 is 18.2 Å². The zero-order chi connectivity index (χ0) is 19.9. The van der Waals surface area contributed by atoms with Gasteiger partial charge in [-0.1, -0.05) is 16.7 Å². The summed E-state index contributed by atoms with van der Waals surface area (Å²) in [5.74, 6) is -0.160. The lowest BCUT2D eigenvalue weighted by atomic mass is 9.93. The molecule has 1 aliphatic heterocycles. The van der Waals surface area contributed by atoms with Gasteiger partial charge in [0.2, 0.25) is 5.91 Å². The van der Waals surface area contributed by atoms with Crippen molar-refractivity contribution in [1.82, 2.24) is 20.1 Å². The van der Waals surface area contributed by atoms with Crippen LogP contribution in [0.3, 0.4) is 0 Å². The van der Waals surface area contributed by atoms with Crippen molar-refractivity contribution in [2.24, 2.45) is 5.41 Å². The number of pyridine rings is 1. The van der Waals surface area contributed by atoms with Crippen molar-refractivity contribution in [3.63, 3.8) is 0 Å². The van der Waals surface area contributed by atoms with E-state index in [9.17, 15) is 13.6 Å². The largest absolute Gasteiger partial charge is 0.403 e. The summed E-state index contributed by atoms with van der Waals surface area (Å²) in [7, 11) is 0. The van der Waals surface area contributed by atoms with E-state index in [1.165, 1.54) is 25.0 Å². The van der Waals surface area contributed by atoms with Gasteiger partial charge in [0.05, 0.1) is 5.56 Å². The maximum atomic E-state index is 13.2. The summed E-state index contributed by atoms with van der Waals surface area (Å²) in [4.78, 5) is 18.1. The zero-order valence-electron chi connectivity index (χ0n) is 15.3. The van der Waals surface area contributed by atoms with Gasteiger partial charge in [0.1, 0.15) is 16.9 Å². The number of amides is 1. The minimum Gasteiger partial charge on any atom is -0.403 e. The number of rotatable bonds is 5. The number of halogens is 3. The SMILES string of the molecule is C[C@@H](Nc1nnc(-c2ccc(Cl)nc2C(F)F)o1)C(=O)N1CCC2(CC1)CC2. The Morgan fingerprint density at radius 3 is 2.61 bits per heavy atom. The molecular formula is C18H20ClF2N5O2. The molecule has 2 aliphatic rings. The van der Waals surface area contributed by atoms with Crippen LogP contribution in [0.1, 0.15) is 44.7 Å². The quantitative estimate of drug-likeness (QED) is 0.750. The molecule has 1 atom stereocenters. The first-order valence-electron chi connectivity index (χ1n) is 9.21. The molecule has 0 aromatic carbocycles. The summed E-state index contributed by atoms with van der Waals surface area (Å²) in [6.07, 6.45) is 1.81. The molecule has 1 saturated carbocycles. The lowest BCUT2D eigenvalue weighted by Gasteiger charge is -2.33. The van der Waals surface area contributed by atoms with Crippen molar-refractivity contribution in [3.05, 3.63) is 23.0 Å². The van der Waals surface area contributed by atoms with E-state index in [4.69, 9.17) is 16.0 Å². The van der Waals surface area contributed by atoms with Gasteiger partial charge in [-0.3, -0.25) is 4.79 Å². The summed E-state index contributed by atoms with van der Waals surface area (Å²) < 4.78 is 31.8. The van der Waals surface area contributed by atoms with E-state index >= 15 is 0 Å². The fourth-order valence-electron chi connectivity index (χ4n) is 3.59. The Hall–Kier alpha value is -2.29. The predicted octanol–water partition coefficient (Wildman–Crippen LogP) is 3.93. The first-order valence-corrected chi connectivity index (χ1v) is 9.58. The molecule has 1 amide bonds. The molecule has 2 aromatic heterocycles. The highest BCUT2D eigenvalue weighted by atomic mass is 35.5. The Morgan fingerprint density at radius 2 is 1.96 bits per heavy atom. The van der Waals surface area contributed by atoms with Gasteiger partial charge in [0.25, 0.3) is 12.3 Å². The van der Waals surface area contributed by atoms with Crippen molar-refractivity contribution in [1.29, 1.82) is 0 Å². The Labute approximate surface area is 165 Å². The number of alkyl halides is 2. The number of aromatic nitrogens is 3. The Morgan fingerprint density at radius 1 is 1.25 bits per heavy atom. The summed E-state index contributed by atoms with van der Waals surface area (Å²) in [6.45, 7) is 3.23. The standard InChI is InChI=1S/C18H20ClF2N5O2/c1-10(16(27)26-8-6-18(4-5-18)7-9-26)22-17-25-24-15(28-17)11-2-3-12(19)23-13(11)14(20)21/h2-3,10,14H,4-9H2,1H3,(H,22,25)/t10-/m1/s1. The Balaban J connectivity index is 1.43. The molecule has 3 heterocycles. The molecule has 1 aliphatic carbocycles. The molecule has 28 heavy (non-hydrogen) atoms. The number of piperidine rings is 1. The molecule has 1 spiro atoms. The molecule has 7 nitrogen and oxygen atoms in total. The first-order chi connectivity index (χ1) is 13.4. The van der Waals surface area contributed by atoms with Gasteiger partial charge in [0.15, 0.2) is 0 Å². The average molecular weight is 412 g/mol. The van der Waals surface area contributed by atoms with Crippen molar-refractivity contribution in [2.45, 2.75) is 45.1 Å². The van der Waals surface area contributed by atoms with Crippen LogP contribution in [0.25, 0.3) is 11.5 Å². The Kier molecular flexibility index (Phi) is 4.95. The van der Waals surface area contributed by atoms with Crippen LogP contribution in [-0.2, 0) is 4.79 Å². The van der Waals surface area contributed by atoms with Crippen molar-refractivity contribution in [3.8, 4) is 11.5 Å². The van der Waals surface area contributed by atoms with Crippen LogP contribution >= 0.6 is 11.6 Å². The molecular weight excluding hydrogens is 392 g/mol. The molecule has 0 radical (unpaired) electrons. The van der Waals surface area contributed by atoms with Gasteiger partial charge in [0, 0.05) is 13.1 Å². The fraction of sp³-hybridized carbons (Fsp3) is 0.556. The average Bonchev–Trinajstić information content (AvgIpc) is 3.26. The number of carbonyl (C=O) groups excluding carboxylic acids is 1. The summed E-state index contributed by atoms with van der Waals surface area (Å²) in [5.41, 5.74) is -0.0389. The van der Waals surface area contributed by atoms with Gasteiger partial charge >= 0.3 is 6.01 Å². The number of hydrogen-bond acceptors (Lipinski definition) is 6. The highest BCUT2D eigenvalue weighted by molar-refractivity contribution is 6.29. The van der Waals surface area contributed by atoms with E-state index in [1.54, 1.807) is 6.92 Å². The van der Waals surface area contributed by atoms with Crippen LogP contribution in [0.5, 0.6) is 0 Å². The highest BCUT2D eigenvalue weighted by Gasteiger charge is 2.45. The smallest absolute Gasteiger partial charge is 0.316 e. The topological polar surface area (TPSA) is 84.1 Å². The molecule has 1 saturated heterocycles. The number of anilines is 1. The summed E-state index contributed by atoms with van der Waals surface area (Å²) >= 11 is 5.69. The Bertz CT molecular complexity index is 877. The van der Waals surface area contributed by atoms with E-state index in [2.05, 4.69) is 20.5 Å². The third-order valence-corrected chi connectivity index (χ3v) is 5.77. The lowest BCUT2D eigenvalue weighted by Crippen LogP contribution is -2.45. The lowest BCUT2D eigenvalue weighted by molar-refractivity contribution is -0.133. The van der Waals surface area contributed by atoms with Crippen LogP contribution in [0.4, 0.5) is 14.8 Å². The molecule has 0 bridgehead atoms. The van der Waals surface area contributed by atoms with E-state index in [0.717, 1.165) is 25.9 Å². The first kappa shape index (κ1) is 19.0. The second-order valence-corrected chi connectivity index (χ2v) is 7.86.